The van der Waals surface area contributed by atoms with Crippen LogP contribution in [0.2, 0.25) is 0 Å². The number of hydrogen-bond donors (Lipinski definition) is 0. The highest BCUT2D eigenvalue weighted by atomic mass is 31.2. The summed E-state index contributed by atoms with van der Waals surface area (Å²) in [6, 6.07) is 46.2. The third-order valence-corrected chi connectivity index (χ3v) is 12.4. The number of hydrogen-bond acceptors (Lipinski definition) is 2. The smallest absolute Gasteiger partial charge is 0.308 e. The van der Waals surface area contributed by atoms with Gasteiger partial charge in [0.05, 0.1) is 6.16 Å². The minimum absolute atomic E-state index is 0.313. The Morgan fingerprint density at radius 1 is 0.762 bits per heavy atom. The highest BCUT2D eigenvalue weighted by molar-refractivity contribution is 7.95. The highest BCUT2D eigenvalue weighted by Gasteiger charge is 2.44. The van der Waals surface area contributed by atoms with E-state index >= 15 is 0 Å². The van der Waals surface area contributed by atoms with Gasteiger partial charge in [-0.05, 0) is 103 Å². The summed E-state index contributed by atoms with van der Waals surface area (Å²) in [5.41, 5.74) is 5.86. The molecule has 0 aliphatic rings. The van der Waals surface area contributed by atoms with E-state index in [9.17, 15) is 4.79 Å². The summed E-state index contributed by atoms with van der Waals surface area (Å²) in [4.78, 5) is 11.6. The number of benzene rings is 5. The molecule has 0 aliphatic carbocycles. The van der Waals surface area contributed by atoms with Crippen LogP contribution >= 0.6 is 7.26 Å². The van der Waals surface area contributed by atoms with Gasteiger partial charge in [-0.1, -0.05) is 84.9 Å². The number of carbonyl (C=O) groups is 1. The van der Waals surface area contributed by atoms with E-state index in [0.717, 1.165) is 30.1 Å². The molecule has 0 amide bonds. The van der Waals surface area contributed by atoms with Crippen LogP contribution in [0.15, 0.2) is 140 Å². The molecule has 0 atom stereocenters. The van der Waals surface area contributed by atoms with E-state index in [1.807, 2.05) is 18.2 Å². The molecule has 0 heterocycles. The van der Waals surface area contributed by atoms with Gasteiger partial charge in [-0.2, -0.15) is 0 Å². The van der Waals surface area contributed by atoms with Gasteiger partial charge in [-0.25, -0.2) is 0 Å². The van der Waals surface area contributed by atoms with E-state index in [4.69, 9.17) is 4.74 Å². The molecule has 42 heavy (non-hydrogen) atoms. The van der Waals surface area contributed by atoms with Gasteiger partial charge in [-0.3, -0.25) is 4.79 Å². The molecule has 2 nitrogen and oxygen atoms in total. The van der Waals surface area contributed by atoms with Gasteiger partial charge in [0.2, 0.25) is 0 Å². The summed E-state index contributed by atoms with van der Waals surface area (Å²) in [7, 11) is -1.85. The van der Waals surface area contributed by atoms with Crippen molar-refractivity contribution in [2.45, 2.75) is 33.1 Å². The quantitative estimate of drug-likeness (QED) is 0.0693. The Hall–Kier alpha value is -4.26. The Labute approximate surface area is 251 Å². The zero-order chi connectivity index (χ0) is 29.4. The molecule has 5 rings (SSSR count). The van der Waals surface area contributed by atoms with Crippen molar-refractivity contribution < 1.29 is 9.53 Å². The van der Waals surface area contributed by atoms with Crippen LogP contribution in [0, 0.1) is 6.92 Å². The minimum Gasteiger partial charge on any atom is -0.426 e. The van der Waals surface area contributed by atoms with Gasteiger partial charge in [-0.15, -0.1) is 6.58 Å². The molecule has 0 saturated heterocycles. The molecule has 210 valence electrons. The first-order valence-corrected chi connectivity index (χ1v) is 16.6. The molecule has 0 radical (unpaired) electrons. The lowest BCUT2D eigenvalue weighted by molar-refractivity contribution is -0.131. The molecule has 5 aromatic rings. The van der Waals surface area contributed by atoms with Crippen LogP contribution in [-0.4, -0.2) is 12.1 Å². The molecule has 0 spiro atoms. The fourth-order valence-electron chi connectivity index (χ4n) is 5.85. The van der Waals surface area contributed by atoms with Gasteiger partial charge in [0.25, 0.3) is 0 Å². The number of carbonyl (C=O) groups excluding carboxylic acids is 1. The van der Waals surface area contributed by atoms with Crippen molar-refractivity contribution in [3.8, 4) is 16.9 Å². The first-order chi connectivity index (χ1) is 20.5. The van der Waals surface area contributed by atoms with Crippen molar-refractivity contribution in [3.05, 3.63) is 157 Å². The van der Waals surface area contributed by atoms with Crippen LogP contribution < -0.4 is 20.7 Å². The number of aryl methyl sites for hydroxylation is 2. The third-order valence-electron chi connectivity index (χ3n) is 7.84. The highest BCUT2D eigenvalue weighted by Crippen LogP contribution is 2.55. The topological polar surface area (TPSA) is 26.3 Å². The number of rotatable bonds is 11. The summed E-state index contributed by atoms with van der Waals surface area (Å²) >= 11 is 0. The molecule has 0 aromatic heterocycles. The van der Waals surface area contributed by atoms with Crippen molar-refractivity contribution in [3.63, 3.8) is 0 Å². The maximum atomic E-state index is 11.6. The minimum atomic E-state index is -1.85. The van der Waals surface area contributed by atoms with Crippen LogP contribution in [0.3, 0.4) is 0 Å². The predicted molar refractivity (Wildman–Crippen MR) is 180 cm³/mol. The fraction of sp³-hybridized carbons (Fsp3) is 0.154. The lowest BCUT2D eigenvalue weighted by atomic mass is 9.94. The number of esters is 1. The van der Waals surface area contributed by atoms with E-state index in [-0.39, 0.29) is 5.97 Å². The van der Waals surface area contributed by atoms with Crippen molar-refractivity contribution >= 4 is 29.1 Å². The van der Waals surface area contributed by atoms with Crippen molar-refractivity contribution in [1.82, 2.24) is 0 Å². The molecule has 0 fully saturated rings. The second-order valence-electron chi connectivity index (χ2n) is 10.7. The van der Waals surface area contributed by atoms with E-state index < -0.39 is 7.26 Å². The van der Waals surface area contributed by atoms with E-state index in [0.29, 0.717) is 12.2 Å². The van der Waals surface area contributed by atoms with Crippen LogP contribution in [0.4, 0.5) is 0 Å². The molecule has 0 aliphatic heterocycles. The Balaban J connectivity index is 1.47. The maximum absolute atomic E-state index is 11.6. The predicted octanol–water partition coefficient (Wildman–Crippen LogP) is 8.24. The second-order valence-corrected chi connectivity index (χ2v) is 14.3. The largest absolute Gasteiger partial charge is 0.426 e. The van der Waals surface area contributed by atoms with Crippen molar-refractivity contribution in [1.29, 1.82) is 0 Å². The summed E-state index contributed by atoms with van der Waals surface area (Å²) in [5.74, 6) is 0.287. The monoisotopic (exact) mass is 569 g/mol. The van der Waals surface area contributed by atoms with Crippen molar-refractivity contribution in [2.24, 2.45) is 0 Å². The normalized spacial score (nSPS) is 11.2. The molecule has 0 N–H and O–H groups in total. The lowest BCUT2D eigenvalue weighted by Gasteiger charge is -2.27. The summed E-state index contributed by atoms with van der Waals surface area (Å²) in [6.45, 7) is 7.48. The van der Waals surface area contributed by atoms with E-state index in [1.54, 1.807) is 0 Å². The molecule has 3 heteroatoms. The lowest BCUT2D eigenvalue weighted by Crippen LogP contribution is -2.33. The van der Waals surface area contributed by atoms with E-state index in [2.05, 4.69) is 129 Å². The molecule has 0 bridgehead atoms. The van der Waals surface area contributed by atoms with Crippen LogP contribution in [-0.2, 0) is 17.6 Å². The standard InChI is InChI=1S/C39H38O2P/c1-4-15-34-29-33(25-26-39(34)41-31(3)40)38-28-32(24-23-30(38)2)16-14-27-42(35-17-8-5-9-18-35,36-19-10-6-11-20-36)37-21-12-7-13-22-37/h4-13,17-26,28-29H,1,14-16,27H2,2-3H3/q+1. The third kappa shape index (κ3) is 6.46. The Morgan fingerprint density at radius 3 is 1.86 bits per heavy atom. The average Bonchev–Trinajstić information content (AvgIpc) is 3.02. The zero-order valence-electron chi connectivity index (χ0n) is 24.5. The number of ether oxygens (including phenoxy) is 1. The fourth-order valence-corrected chi connectivity index (χ4v) is 10.2. The summed E-state index contributed by atoms with van der Waals surface area (Å²) < 4.78 is 5.45. The molecular weight excluding hydrogens is 531 g/mol. The molecule has 5 aromatic carbocycles. The Bertz CT molecular complexity index is 1550. The number of allylic oxidation sites excluding steroid dienone is 1. The van der Waals surface area contributed by atoms with Crippen LogP contribution in [0.1, 0.15) is 30.0 Å². The van der Waals surface area contributed by atoms with Gasteiger partial charge in [0.15, 0.2) is 0 Å². The SMILES string of the molecule is C=CCc1cc(-c2cc(CCC[P+](c3ccccc3)(c3ccccc3)c3ccccc3)ccc2C)ccc1OC(C)=O. The van der Waals surface area contributed by atoms with Gasteiger partial charge < -0.3 is 4.74 Å². The van der Waals surface area contributed by atoms with Crippen LogP contribution in [0.25, 0.3) is 11.1 Å². The van der Waals surface area contributed by atoms with Gasteiger partial charge in [0, 0.05) is 6.92 Å². The maximum Gasteiger partial charge on any atom is 0.308 e. The Morgan fingerprint density at radius 2 is 1.33 bits per heavy atom. The van der Waals surface area contributed by atoms with Crippen LogP contribution in [0.5, 0.6) is 5.75 Å². The summed E-state index contributed by atoms with van der Waals surface area (Å²) in [5, 5.41) is 4.28. The average molecular weight is 570 g/mol. The second kappa shape index (κ2) is 13.6. The van der Waals surface area contributed by atoms with Gasteiger partial charge >= 0.3 is 5.97 Å². The van der Waals surface area contributed by atoms with Crippen molar-refractivity contribution in [2.75, 3.05) is 6.16 Å². The van der Waals surface area contributed by atoms with Gasteiger partial charge in [0.1, 0.15) is 28.9 Å². The molecule has 0 unspecified atom stereocenters. The molecular formula is C39H38O2P+. The summed E-state index contributed by atoms with van der Waals surface area (Å²) in [6.07, 6.45) is 5.64. The first-order valence-electron chi connectivity index (χ1n) is 14.6. The first kappa shape index (κ1) is 29.2. The van der Waals surface area contributed by atoms with E-state index in [1.165, 1.54) is 39.5 Å². The Kier molecular flexibility index (Phi) is 9.47. The zero-order valence-corrected chi connectivity index (χ0v) is 25.4. The molecule has 0 saturated carbocycles.